The normalized spacial score (nSPS) is 17.2. The zero-order chi connectivity index (χ0) is 16.9. The van der Waals surface area contributed by atoms with Crippen LogP contribution < -0.4 is 4.74 Å². The highest BCUT2D eigenvalue weighted by atomic mass is 16.5. The number of rotatable bonds is 6. The number of imidazole rings is 1. The van der Waals surface area contributed by atoms with Gasteiger partial charge in [-0.1, -0.05) is 12.1 Å². The molecule has 5 heteroatoms. The van der Waals surface area contributed by atoms with E-state index in [1.54, 1.807) is 13.3 Å². The van der Waals surface area contributed by atoms with E-state index in [0.717, 1.165) is 43.9 Å². The minimum Gasteiger partial charge on any atom is -0.497 e. The van der Waals surface area contributed by atoms with Crippen LogP contribution in [0.3, 0.4) is 0 Å². The number of hydrogen-bond donors (Lipinski definition) is 0. The molecule has 24 heavy (non-hydrogen) atoms. The zero-order valence-corrected chi connectivity index (χ0v) is 14.4. The van der Waals surface area contributed by atoms with Crippen molar-refractivity contribution in [3.63, 3.8) is 0 Å². The molecule has 1 aliphatic rings. The Labute approximate surface area is 143 Å². The van der Waals surface area contributed by atoms with Crippen LogP contribution >= 0.6 is 0 Å². The molecule has 0 saturated carbocycles. The summed E-state index contributed by atoms with van der Waals surface area (Å²) in [6.07, 6.45) is 7.29. The number of aryl methyl sites for hydroxylation is 2. The van der Waals surface area contributed by atoms with Crippen LogP contribution in [0.4, 0.5) is 0 Å². The van der Waals surface area contributed by atoms with Gasteiger partial charge in [0.1, 0.15) is 11.6 Å². The number of nitrogens with zero attached hydrogens (tertiary/aromatic N) is 3. The number of ether oxygens (including phenoxy) is 1. The van der Waals surface area contributed by atoms with E-state index in [1.807, 2.05) is 36.2 Å². The Hall–Kier alpha value is -2.30. The van der Waals surface area contributed by atoms with Gasteiger partial charge in [0.25, 0.3) is 0 Å². The first-order valence-corrected chi connectivity index (χ1v) is 8.60. The van der Waals surface area contributed by atoms with Gasteiger partial charge in [-0.2, -0.15) is 0 Å². The number of benzene rings is 1. The van der Waals surface area contributed by atoms with Crippen LogP contribution in [0.15, 0.2) is 36.7 Å². The molecule has 1 aromatic carbocycles. The number of aromatic nitrogens is 2. The number of hydrogen-bond acceptors (Lipinski definition) is 3. The predicted molar refractivity (Wildman–Crippen MR) is 92.9 cm³/mol. The Kier molecular flexibility index (Phi) is 5.18. The summed E-state index contributed by atoms with van der Waals surface area (Å²) in [4.78, 5) is 18.9. The molecule has 1 atom stereocenters. The smallest absolute Gasteiger partial charge is 0.223 e. The van der Waals surface area contributed by atoms with Crippen LogP contribution in [0.5, 0.6) is 5.75 Å². The third-order valence-electron chi connectivity index (χ3n) is 4.77. The third-order valence-corrected chi connectivity index (χ3v) is 4.77. The first-order chi connectivity index (χ1) is 11.7. The standard InChI is InChI=1S/C19H25N3O2/c1-15-20-10-13-21(15)11-5-9-19(23)22-12-4-8-18(22)16-6-3-7-17(14-16)24-2/h3,6-7,10,13-14,18H,4-5,8-9,11-12H2,1-2H3/t18-/m1/s1. The molecule has 1 saturated heterocycles. The maximum atomic E-state index is 12.7. The minimum absolute atomic E-state index is 0.183. The largest absolute Gasteiger partial charge is 0.497 e. The van der Waals surface area contributed by atoms with E-state index in [4.69, 9.17) is 4.74 Å². The first-order valence-electron chi connectivity index (χ1n) is 8.60. The first kappa shape index (κ1) is 16.6. The molecule has 3 rings (SSSR count). The molecule has 0 aliphatic carbocycles. The predicted octanol–water partition coefficient (Wildman–Crippen LogP) is 3.34. The van der Waals surface area contributed by atoms with Crippen molar-refractivity contribution in [2.24, 2.45) is 0 Å². The van der Waals surface area contributed by atoms with E-state index >= 15 is 0 Å². The fourth-order valence-electron chi connectivity index (χ4n) is 3.44. The van der Waals surface area contributed by atoms with Crippen molar-refractivity contribution < 1.29 is 9.53 Å². The Bertz CT molecular complexity index is 695. The van der Waals surface area contributed by atoms with Crippen LogP contribution in [0, 0.1) is 6.92 Å². The van der Waals surface area contributed by atoms with Crippen LogP contribution in [0.1, 0.15) is 43.1 Å². The van der Waals surface area contributed by atoms with Gasteiger partial charge in [0.2, 0.25) is 5.91 Å². The molecule has 0 N–H and O–H groups in total. The molecule has 0 spiro atoms. The molecule has 0 bridgehead atoms. The summed E-state index contributed by atoms with van der Waals surface area (Å²) in [6, 6.07) is 8.26. The summed E-state index contributed by atoms with van der Waals surface area (Å²) in [5.41, 5.74) is 1.17. The highest BCUT2D eigenvalue weighted by molar-refractivity contribution is 5.77. The Balaban J connectivity index is 1.60. The van der Waals surface area contributed by atoms with E-state index in [9.17, 15) is 4.79 Å². The lowest BCUT2D eigenvalue weighted by Crippen LogP contribution is -2.30. The summed E-state index contributed by atoms with van der Waals surface area (Å²) < 4.78 is 7.41. The number of amides is 1. The zero-order valence-electron chi connectivity index (χ0n) is 14.4. The topological polar surface area (TPSA) is 47.4 Å². The lowest BCUT2D eigenvalue weighted by atomic mass is 10.0. The van der Waals surface area contributed by atoms with Crippen molar-refractivity contribution in [3.05, 3.63) is 48.0 Å². The van der Waals surface area contributed by atoms with Crippen molar-refractivity contribution >= 4 is 5.91 Å². The average molecular weight is 327 g/mol. The van der Waals surface area contributed by atoms with Crippen molar-refractivity contribution in [2.45, 2.75) is 45.2 Å². The SMILES string of the molecule is COc1cccc([C@H]2CCCN2C(=O)CCCn2ccnc2C)c1. The fraction of sp³-hybridized carbons (Fsp3) is 0.474. The van der Waals surface area contributed by atoms with Gasteiger partial charge in [-0.05, 0) is 43.9 Å². The summed E-state index contributed by atoms with van der Waals surface area (Å²) in [5, 5.41) is 0. The fourth-order valence-corrected chi connectivity index (χ4v) is 3.44. The average Bonchev–Trinajstić information content (AvgIpc) is 3.24. The Morgan fingerprint density at radius 1 is 1.42 bits per heavy atom. The molecular formula is C19H25N3O2. The second kappa shape index (κ2) is 7.51. The lowest BCUT2D eigenvalue weighted by Gasteiger charge is -2.25. The highest BCUT2D eigenvalue weighted by Gasteiger charge is 2.29. The molecule has 1 aromatic heterocycles. The number of methoxy groups -OCH3 is 1. The molecular weight excluding hydrogens is 302 g/mol. The minimum atomic E-state index is 0.183. The van der Waals surface area contributed by atoms with Gasteiger partial charge in [-0.3, -0.25) is 4.79 Å². The Morgan fingerprint density at radius 2 is 2.29 bits per heavy atom. The van der Waals surface area contributed by atoms with Crippen LogP contribution in [-0.2, 0) is 11.3 Å². The van der Waals surface area contributed by atoms with E-state index < -0.39 is 0 Å². The molecule has 2 heterocycles. The molecule has 1 amide bonds. The molecule has 1 aliphatic heterocycles. The summed E-state index contributed by atoms with van der Waals surface area (Å²) in [5.74, 6) is 2.10. The molecule has 0 unspecified atom stereocenters. The molecule has 2 aromatic rings. The van der Waals surface area contributed by atoms with Gasteiger partial charge in [-0.25, -0.2) is 4.98 Å². The van der Waals surface area contributed by atoms with E-state index in [1.165, 1.54) is 5.56 Å². The van der Waals surface area contributed by atoms with Gasteiger partial charge in [-0.15, -0.1) is 0 Å². The summed E-state index contributed by atoms with van der Waals surface area (Å²) in [6.45, 7) is 3.68. The molecule has 1 fully saturated rings. The summed E-state index contributed by atoms with van der Waals surface area (Å²) >= 11 is 0. The van der Waals surface area contributed by atoms with E-state index in [0.29, 0.717) is 6.42 Å². The monoisotopic (exact) mass is 327 g/mol. The Morgan fingerprint density at radius 3 is 3.04 bits per heavy atom. The van der Waals surface area contributed by atoms with E-state index in [2.05, 4.69) is 15.6 Å². The molecule has 128 valence electrons. The number of likely N-dealkylation sites (tertiary alicyclic amines) is 1. The van der Waals surface area contributed by atoms with Crippen molar-refractivity contribution in [3.8, 4) is 5.75 Å². The van der Waals surface area contributed by atoms with E-state index in [-0.39, 0.29) is 11.9 Å². The highest BCUT2D eigenvalue weighted by Crippen LogP contribution is 2.34. The number of carbonyl (C=O) groups excluding carboxylic acids is 1. The quantitative estimate of drug-likeness (QED) is 0.817. The van der Waals surface area contributed by atoms with Crippen molar-refractivity contribution in [1.82, 2.24) is 14.5 Å². The van der Waals surface area contributed by atoms with Crippen LogP contribution in [0.25, 0.3) is 0 Å². The van der Waals surface area contributed by atoms with Crippen LogP contribution in [-0.4, -0.2) is 34.0 Å². The maximum absolute atomic E-state index is 12.7. The molecule has 0 radical (unpaired) electrons. The summed E-state index contributed by atoms with van der Waals surface area (Å²) in [7, 11) is 1.68. The maximum Gasteiger partial charge on any atom is 0.223 e. The van der Waals surface area contributed by atoms with Gasteiger partial charge in [0, 0.05) is 31.9 Å². The van der Waals surface area contributed by atoms with Gasteiger partial charge in [0.05, 0.1) is 13.2 Å². The van der Waals surface area contributed by atoms with Gasteiger partial charge in [0.15, 0.2) is 0 Å². The third kappa shape index (κ3) is 3.61. The van der Waals surface area contributed by atoms with Gasteiger partial charge < -0.3 is 14.2 Å². The number of carbonyl (C=O) groups is 1. The molecule has 5 nitrogen and oxygen atoms in total. The second-order valence-electron chi connectivity index (χ2n) is 6.29. The van der Waals surface area contributed by atoms with Gasteiger partial charge >= 0.3 is 0 Å². The van der Waals surface area contributed by atoms with Crippen molar-refractivity contribution in [2.75, 3.05) is 13.7 Å². The second-order valence-corrected chi connectivity index (χ2v) is 6.29. The van der Waals surface area contributed by atoms with Crippen molar-refractivity contribution in [1.29, 1.82) is 0 Å². The van der Waals surface area contributed by atoms with Crippen LogP contribution in [0.2, 0.25) is 0 Å². The lowest BCUT2D eigenvalue weighted by molar-refractivity contribution is -0.132.